The molecule has 0 aliphatic rings. The van der Waals surface area contributed by atoms with E-state index in [9.17, 15) is 0 Å². The predicted octanol–water partition coefficient (Wildman–Crippen LogP) is 3.50. The lowest BCUT2D eigenvalue weighted by atomic mass is 10.2. The normalized spacial score (nSPS) is 10.8. The largest absolute Gasteiger partial charge is 0.493 e. The summed E-state index contributed by atoms with van der Waals surface area (Å²) in [7, 11) is 1.58. The van der Waals surface area contributed by atoms with Gasteiger partial charge in [-0.15, -0.1) is 0 Å². The number of hydrazone groups is 1. The number of ether oxygens (including phenoxy) is 2. The Bertz CT molecular complexity index is 708. The van der Waals surface area contributed by atoms with Crippen LogP contribution in [0, 0.1) is 0 Å². The van der Waals surface area contributed by atoms with Crippen LogP contribution in [0.15, 0.2) is 41.5 Å². The zero-order valence-corrected chi connectivity index (χ0v) is 14.6. The highest BCUT2D eigenvalue weighted by Gasteiger charge is 2.10. The van der Waals surface area contributed by atoms with E-state index >= 15 is 0 Å². The van der Waals surface area contributed by atoms with Crippen LogP contribution in [0.1, 0.15) is 11.1 Å². The van der Waals surface area contributed by atoms with Gasteiger partial charge in [0.15, 0.2) is 11.5 Å². The first kappa shape index (κ1) is 18.4. The molecule has 0 saturated carbocycles. The topological polar surface area (TPSA) is 63.1 Å². The molecule has 0 aliphatic carbocycles. The molecule has 128 valence electrons. The van der Waals surface area contributed by atoms with Gasteiger partial charge in [-0.05, 0) is 29.8 Å². The molecular formula is C17H18Cl2N2O3. The highest BCUT2D eigenvalue weighted by Crippen LogP contribution is 2.31. The van der Waals surface area contributed by atoms with E-state index in [1.165, 1.54) is 0 Å². The lowest BCUT2D eigenvalue weighted by Gasteiger charge is -2.13. The summed E-state index contributed by atoms with van der Waals surface area (Å²) in [5.74, 6) is 1.17. The standard InChI is InChI=1S/C17H18Cl2N2O3/c1-23-16-4-2-3-13(10-21-20-7-8-22)17(16)24-11-12-5-6-14(18)15(19)9-12/h2-6,9-10,20,22H,7-8,11H2,1H3. The Hall–Kier alpha value is -1.95. The summed E-state index contributed by atoms with van der Waals surface area (Å²) >= 11 is 11.9. The maximum Gasteiger partial charge on any atom is 0.170 e. The molecule has 0 amide bonds. The van der Waals surface area contributed by atoms with Gasteiger partial charge in [0.2, 0.25) is 0 Å². The fourth-order valence-corrected chi connectivity index (χ4v) is 2.29. The number of rotatable bonds is 8. The smallest absolute Gasteiger partial charge is 0.170 e. The zero-order valence-electron chi connectivity index (χ0n) is 13.1. The second-order valence-electron chi connectivity index (χ2n) is 4.81. The number of hydrogen-bond donors (Lipinski definition) is 2. The number of nitrogens with zero attached hydrogens (tertiary/aromatic N) is 1. The molecule has 0 fully saturated rings. The van der Waals surface area contributed by atoms with Crippen LogP contribution in [0.3, 0.4) is 0 Å². The molecule has 0 spiro atoms. The lowest BCUT2D eigenvalue weighted by molar-refractivity contribution is 0.284. The number of aliphatic hydroxyl groups excluding tert-OH is 1. The van der Waals surface area contributed by atoms with E-state index in [1.54, 1.807) is 25.5 Å². The molecule has 7 heteroatoms. The number of halogens is 2. The van der Waals surface area contributed by atoms with Crippen LogP contribution >= 0.6 is 23.2 Å². The van der Waals surface area contributed by atoms with E-state index < -0.39 is 0 Å². The number of aliphatic hydroxyl groups is 1. The molecule has 2 rings (SSSR count). The van der Waals surface area contributed by atoms with Crippen molar-refractivity contribution < 1.29 is 14.6 Å². The highest BCUT2D eigenvalue weighted by molar-refractivity contribution is 6.42. The maximum absolute atomic E-state index is 8.75. The Morgan fingerprint density at radius 1 is 1.21 bits per heavy atom. The molecule has 24 heavy (non-hydrogen) atoms. The van der Waals surface area contributed by atoms with E-state index in [0.717, 1.165) is 11.1 Å². The van der Waals surface area contributed by atoms with Gasteiger partial charge in [-0.1, -0.05) is 35.3 Å². The third kappa shape index (κ3) is 5.03. The molecule has 2 N–H and O–H groups in total. The minimum atomic E-state index is 0.0101. The summed E-state index contributed by atoms with van der Waals surface area (Å²) < 4.78 is 11.3. The summed E-state index contributed by atoms with van der Waals surface area (Å²) in [5, 5.41) is 13.8. The first-order chi connectivity index (χ1) is 11.7. The second kappa shape index (κ2) is 9.37. The first-order valence-corrected chi connectivity index (χ1v) is 8.01. The van der Waals surface area contributed by atoms with Gasteiger partial charge < -0.3 is 20.0 Å². The van der Waals surface area contributed by atoms with Crippen LogP contribution in [-0.4, -0.2) is 31.6 Å². The number of hydrogen-bond acceptors (Lipinski definition) is 5. The van der Waals surface area contributed by atoms with Gasteiger partial charge in [-0.2, -0.15) is 5.10 Å². The first-order valence-electron chi connectivity index (χ1n) is 7.26. The lowest BCUT2D eigenvalue weighted by Crippen LogP contribution is -2.11. The molecule has 0 bridgehead atoms. The number of nitrogens with one attached hydrogen (secondary N) is 1. The Morgan fingerprint density at radius 3 is 2.75 bits per heavy atom. The second-order valence-corrected chi connectivity index (χ2v) is 5.62. The Kier molecular flexibility index (Phi) is 7.18. The fourth-order valence-electron chi connectivity index (χ4n) is 1.96. The van der Waals surface area contributed by atoms with Crippen molar-refractivity contribution in [2.45, 2.75) is 6.61 Å². The van der Waals surface area contributed by atoms with Crippen molar-refractivity contribution >= 4 is 29.4 Å². The molecule has 2 aromatic rings. The van der Waals surface area contributed by atoms with Crippen molar-refractivity contribution in [3.8, 4) is 11.5 Å². The maximum atomic E-state index is 8.75. The highest BCUT2D eigenvalue weighted by atomic mass is 35.5. The SMILES string of the molecule is COc1cccc(C=NNCCO)c1OCc1ccc(Cl)c(Cl)c1. The van der Waals surface area contributed by atoms with Crippen LogP contribution in [0.5, 0.6) is 11.5 Å². The van der Waals surface area contributed by atoms with Gasteiger partial charge in [-0.25, -0.2) is 0 Å². The molecule has 0 radical (unpaired) electrons. The minimum Gasteiger partial charge on any atom is -0.493 e. The third-order valence-corrected chi connectivity index (χ3v) is 3.85. The van der Waals surface area contributed by atoms with E-state index in [0.29, 0.717) is 34.7 Å². The Labute approximate surface area is 150 Å². The Morgan fingerprint density at radius 2 is 2.04 bits per heavy atom. The average Bonchev–Trinajstić information content (AvgIpc) is 2.60. The number of methoxy groups -OCH3 is 1. The van der Waals surface area contributed by atoms with Crippen molar-refractivity contribution in [3.63, 3.8) is 0 Å². The molecule has 0 aromatic heterocycles. The molecule has 0 atom stereocenters. The summed E-state index contributed by atoms with van der Waals surface area (Å²) in [6.45, 7) is 0.693. The Balaban J connectivity index is 2.17. The monoisotopic (exact) mass is 368 g/mol. The van der Waals surface area contributed by atoms with Crippen LogP contribution < -0.4 is 14.9 Å². The minimum absolute atomic E-state index is 0.0101. The molecule has 2 aromatic carbocycles. The van der Waals surface area contributed by atoms with Crippen molar-refractivity contribution in [2.75, 3.05) is 20.3 Å². The van der Waals surface area contributed by atoms with Gasteiger partial charge in [0.05, 0.1) is 36.5 Å². The molecule has 0 unspecified atom stereocenters. The third-order valence-electron chi connectivity index (χ3n) is 3.11. The summed E-state index contributed by atoms with van der Waals surface area (Å²) in [5.41, 5.74) is 4.36. The van der Waals surface area contributed by atoms with Crippen molar-refractivity contribution in [3.05, 3.63) is 57.6 Å². The van der Waals surface area contributed by atoms with Gasteiger partial charge in [-0.3, -0.25) is 0 Å². The zero-order chi connectivity index (χ0) is 17.4. The van der Waals surface area contributed by atoms with Crippen molar-refractivity contribution in [1.29, 1.82) is 0 Å². The molecule has 5 nitrogen and oxygen atoms in total. The van der Waals surface area contributed by atoms with Gasteiger partial charge >= 0.3 is 0 Å². The quantitative estimate of drug-likeness (QED) is 0.425. The molecular weight excluding hydrogens is 351 g/mol. The van der Waals surface area contributed by atoms with Crippen molar-refractivity contribution in [2.24, 2.45) is 5.10 Å². The van der Waals surface area contributed by atoms with Crippen LogP contribution in [0.2, 0.25) is 10.0 Å². The predicted molar refractivity (Wildman–Crippen MR) is 96.5 cm³/mol. The van der Waals surface area contributed by atoms with Crippen LogP contribution in [-0.2, 0) is 6.61 Å². The average molecular weight is 369 g/mol. The molecule has 0 heterocycles. The number of para-hydroxylation sites is 1. The van der Waals surface area contributed by atoms with E-state index in [1.807, 2.05) is 24.3 Å². The summed E-state index contributed by atoms with van der Waals surface area (Å²) in [4.78, 5) is 0. The molecule has 0 aliphatic heterocycles. The molecule has 0 saturated heterocycles. The van der Waals surface area contributed by atoms with Crippen LogP contribution in [0.25, 0.3) is 0 Å². The van der Waals surface area contributed by atoms with Crippen LogP contribution in [0.4, 0.5) is 0 Å². The van der Waals surface area contributed by atoms with Gasteiger partial charge in [0.1, 0.15) is 6.61 Å². The summed E-state index contributed by atoms with van der Waals surface area (Å²) in [6, 6.07) is 10.8. The van der Waals surface area contributed by atoms with E-state index in [4.69, 9.17) is 37.8 Å². The fraction of sp³-hybridized carbons (Fsp3) is 0.235. The number of benzene rings is 2. The summed E-state index contributed by atoms with van der Waals surface area (Å²) in [6.07, 6.45) is 1.61. The van der Waals surface area contributed by atoms with E-state index in [-0.39, 0.29) is 6.61 Å². The van der Waals surface area contributed by atoms with Gasteiger partial charge in [0.25, 0.3) is 0 Å². The van der Waals surface area contributed by atoms with E-state index in [2.05, 4.69) is 10.5 Å². The van der Waals surface area contributed by atoms with Gasteiger partial charge in [0, 0.05) is 5.56 Å². The van der Waals surface area contributed by atoms with Crippen molar-refractivity contribution in [1.82, 2.24) is 5.43 Å².